The summed E-state index contributed by atoms with van der Waals surface area (Å²) in [6.07, 6.45) is 7.05. The minimum atomic E-state index is -0.143. The molecule has 0 saturated heterocycles. The number of aromatic nitrogens is 4. The summed E-state index contributed by atoms with van der Waals surface area (Å²) in [4.78, 5) is 10.4. The van der Waals surface area contributed by atoms with Crippen molar-refractivity contribution in [2.24, 2.45) is 12.0 Å². The van der Waals surface area contributed by atoms with Crippen LogP contribution in [-0.2, 0) is 20.2 Å². The SMILES string of the molecule is C=N/C=C\n1c(-c2cn(C)nc2CO)cnc1CNc1cccc(N(C)C)c1. The van der Waals surface area contributed by atoms with Crippen molar-refractivity contribution in [3.05, 3.63) is 54.4 Å². The normalized spacial score (nSPS) is 11.1. The van der Waals surface area contributed by atoms with E-state index in [1.807, 2.05) is 44.0 Å². The second-order valence-electron chi connectivity index (χ2n) is 6.53. The first-order valence-corrected chi connectivity index (χ1v) is 8.87. The Hall–Kier alpha value is -3.39. The lowest BCUT2D eigenvalue weighted by Gasteiger charge is -2.14. The van der Waals surface area contributed by atoms with E-state index in [1.54, 1.807) is 23.3 Å². The molecule has 0 aliphatic carbocycles. The highest BCUT2D eigenvalue weighted by Gasteiger charge is 2.16. The average molecular weight is 379 g/mol. The van der Waals surface area contributed by atoms with Gasteiger partial charge in [0.05, 0.1) is 30.7 Å². The summed E-state index contributed by atoms with van der Waals surface area (Å²) < 4.78 is 3.60. The van der Waals surface area contributed by atoms with E-state index in [1.165, 1.54) is 0 Å². The topological polar surface area (TPSA) is 83.5 Å². The van der Waals surface area contributed by atoms with Gasteiger partial charge in [0.25, 0.3) is 0 Å². The summed E-state index contributed by atoms with van der Waals surface area (Å²) in [5, 5.41) is 17.3. The number of aryl methyl sites for hydroxylation is 1. The van der Waals surface area contributed by atoms with Crippen LogP contribution in [0.15, 0.2) is 47.9 Å². The Labute approximate surface area is 164 Å². The van der Waals surface area contributed by atoms with Gasteiger partial charge in [0.15, 0.2) is 0 Å². The van der Waals surface area contributed by atoms with E-state index in [4.69, 9.17) is 0 Å². The molecule has 0 radical (unpaired) electrons. The summed E-state index contributed by atoms with van der Waals surface area (Å²) in [5.41, 5.74) is 4.38. The second-order valence-corrected chi connectivity index (χ2v) is 6.53. The molecule has 8 nitrogen and oxygen atoms in total. The summed E-state index contributed by atoms with van der Waals surface area (Å²) in [7, 11) is 5.85. The van der Waals surface area contributed by atoms with Gasteiger partial charge in [-0.05, 0) is 24.9 Å². The molecule has 0 amide bonds. The van der Waals surface area contributed by atoms with Gasteiger partial charge >= 0.3 is 0 Å². The number of nitrogens with zero attached hydrogens (tertiary/aromatic N) is 6. The van der Waals surface area contributed by atoms with Crippen molar-refractivity contribution in [1.82, 2.24) is 19.3 Å². The fourth-order valence-corrected chi connectivity index (χ4v) is 2.95. The molecule has 2 N–H and O–H groups in total. The second kappa shape index (κ2) is 8.53. The van der Waals surface area contributed by atoms with Crippen LogP contribution in [0, 0.1) is 0 Å². The minimum absolute atomic E-state index is 0.143. The van der Waals surface area contributed by atoms with Gasteiger partial charge in [-0.25, -0.2) is 4.98 Å². The summed E-state index contributed by atoms with van der Waals surface area (Å²) in [5.74, 6) is 0.804. The molecule has 2 heterocycles. The molecule has 28 heavy (non-hydrogen) atoms. The number of aliphatic hydroxyl groups is 1. The zero-order valence-electron chi connectivity index (χ0n) is 16.4. The number of benzene rings is 1. The molecule has 0 fully saturated rings. The highest BCUT2D eigenvalue weighted by atomic mass is 16.3. The van der Waals surface area contributed by atoms with Crippen molar-refractivity contribution in [3.8, 4) is 11.3 Å². The van der Waals surface area contributed by atoms with Crippen molar-refractivity contribution in [2.75, 3.05) is 24.3 Å². The van der Waals surface area contributed by atoms with Crippen molar-refractivity contribution >= 4 is 24.3 Å². The van der Waals surface area contributed by atoms with Crippen molar-refractivity contribution in [3.63, 3.8) is 0 Å². The van der Waals surface area contributed by atoms with Crippen molar-refractivity contribution < 1.29 is 5.11 Å². The standard InChI is InChI=1S/C20H25N7O/c1-21-8-9-27-19(17-13-26(4)24-18(17)14-28)11-23-20(27)12-22-15-6-5-7-16(10-15)25(2)3/h5-11,13,22,28H,1,12,14H2,2-4H3/b9-8-. The number of rotatable bonds is 8. The zero-order chi connectivity index (χ0) is 20.1. The molecule has 2 aromatic heterocycles. The van der Waals surface area contributed by atoms with Gasteiger partial charge in [-0.15, -0.1) is 0 Å². The predicted molar refractivity (Wildman–Crippen MR) is 113 cm³/mol. The number of nitrogens with one attached hydrogen (secondary N) is 1. The number of aliphatic imine (C=N–C) groups is 1. The van der Waals surface area contributed by atoms with Crippen LogP contribution in [0.4, 0.5) is 11.4 Å². The Balaban J connectivity index is 1.91. The number of aliphatic hydroxyl groups excluding tert-OH is 1. The first kappa shape index (κ1) is 19.4. The fourth-order valence-electron chi connectivity index (χ4n) is 2.95. The number of anilines is 2. The Kier molecular flexibility index (Phi) is 5.90. The van der Waals surface area contributed by atoms with Crippen LogP contribution in [0.2, 0.25) is 0 Å². The van der Waals surface area contributed by atoms with Crippen molar-refractivity contribution in [1.29, 1.82) is 0 Å². The summed E-state index contributed by atoms with van der Waals surface area (Å²) in [6.45, 7) is 3.88. The van der Waals surface area contributed by atoms with Crippen LogP contribution in [0.25, 0.3) is 17.5 Å². The van der Waals surface area contributed by atoms with Crippen LogP contribution in [0.1, 0.15) is 11.5 Å². The largest absolute Gasteiger partial charge is 0.390 e. The molecule has 1 aromatic carbocycles. The van der Waals surface area contributed by atoms with E-state index in [0.29, 0.717) is 12.2 Å². The number of imidazole rings is 1. The third-order valence-corrected chi connectivity index (χ3v) is 4.34. The molecule has 0 bridgehead atoms. The molecule has 3 aromatic rings. The maximum absolute atomic E-state index is 9.62. The first-order chi connectivity index (χ1) is 13.5. The Morgan fingerprint density at radius 1 is 1.36 bits per heavy atom. The van der Waals surface area contributed by atoms with E-state index in [-0.39, 0.29) is 6.61 Å². The Morgan fingerprint density at radius 2 is 2.18 bits per heavy atom. The van der Waals surface area contributed by atoms with Crippen LogP contribution in [-0.4, -0.2) is 45.3 Å². The fraction of sp³-hybridized carbons (Fsp3) is 0.250. The summed E-state index contributed by atoms with van der Waals surface area (Å²) in [6, 6.07) is 8.18. The third-order valence-electron chi connectivity index (χ3n) is 4.34. The highest BCUT2D eigenvalue weighted by Crippen LogP contribution is 2.25. The lowest BCUT2D eigenvalue weighted by molar-refractivity contribution is 0.276. The van der Waals surface area contributed by atoms with Gasteiger partial charge in [0.2, 0.25) is 0 Å². The molecule has 0 unspecified atom stereocenters. The molecule has 3 rings (SSSR count). The molecular formula is C20H25N7O. The van der Waals surface area contributed by atoms with E-state index < -0.39 is 0 Å². The molecule has 0 spiro atoms. The van der Waals surface area contributed by atoms with Crippen LogP contribution < -0.4 is 10.2 Å². The number of hydrogen-bond donors (Lipinski definition) is 2. The van der Waals surface area contributed by atoms with Gasteiger partial charge in [-0.2, -0.15) is 5.10 Å². The summed E-state index contributed by atoms with van der Waals surface area (Å²) >= 11 is 0. The van der Waals surface area contributed by atoms with E-state index in [2.05, 4.69) is 44.1 Å². The number of hydrogen-bond acceptors (Lipinski definition) is 6. The van der Waals surface area contributed by atoms with Gasteiger partial charge in [-0.1, -0.05) is 6.07 Å². The van der Waals surface area contributed by atoms with Gasteiger partial charge in [-0.3, -0.25) is 14.2 Å². The molecule has 0 aliphatic rings. The molecule has 0 atom stereocenters. The van der Waals surface area contributed by atoms with E-state index in [9.17, 15) is 5.11 Å². The zero-order valence-corrected chi connectivity index (χ0v) is 16.4. The van der Waals surface area contributed by atoms with Crippen LogP contribution >= 0.6 is 0 Å². The van der Waals surface area contributed by atoms with Gasteiger partial charge in [0, 0.05) is 56.7 Å². The lowest BCUT2D eigenvalue weighted by Crippen LogP contribution is -2.10. The van der Waals surface area contributed by atoms with Crippen LogP contribution in [0.3, 0.4) is 0 Å². The van der Waals surface area contributed by atoms with Crippen LogP contribution in [0.5, 0.6) is 0 Å². The smallest absolute Gasteiger partial charge is 0.132 e. The molecule has 0 aliphatic heterocycles. The Morgan fingerprint density at radius 3 is 2.89 bits per heavy atom. The highest BCUT2D eigenvalue weighted by molar-refractivity contribution is 5.64. The minimum Gasteiger partial charge on any atom is -0.390 e. The molecule has 0 saturated carbocycles. The molecule has 146 valence electrons. The monoisotopic (exact) mass is 379 g/mol. The van der Waals surface area contributed by atoms with Crippen molar-refractivity contribution in [2.45, 2.75) is 13.2 Å². The Bertz CT molecular complexity index is 984. The van der Waals surface area contributed by atoms with E-state index >= 15 is 0 Å². The lowest BCUT2D eigenvalue weighted by atomic mass is 10.2. The third kappa shape index (κ3) is 4.12. The van der Waals surface area contributed by atoms with Gasteiger partial charge < -0.3 is 15.3 Å². The molecular weight excluding hydrogens is 354 g/mol. The maximum atomic E-state index is 9.62. The quantitative estimate of drug-likeness (QED) is 0.588. The predicted octanol–water partition coefficient (Wildman–Crippen LogP) is 2.58. The maximum Gasteiger partial charge on any atom is 0.132 e. The first-order valence-electron chi connectivity index (χ1n) is 8.87. The van der Waals surface area contributed by atoms with Gasteiger partial charge in [0.1, 0.15) is 5.82 Å². The molecule has 8 heteroatoms. The van der Waals surface area contributed by atoms with E-state index in [0.717, 1.165) is 28.5 Å². The average Bonchev–Trinajstić information content (AvgIpc) is 3.27.